The monoisotopic (exact) mass is 356 g/mol. The molecule has 1 saturated carbocycles. The zero-order valence-electron chi connectivity index (χ0n) is 14.4. The number of carbonyl (C=O) groups is 2. The largest absolute Gasteiger partial charge is 0.467 e. The fourth-order valence-corrected chi connectivity index (χ4v) is 3.88. The van der Waals surface area contributed by atoms with E-state index in [0.717, 1.165) is 24.2 Å². The SMILES string of the molecule is O=C(NCc1ccco1)[C@@H]1C[C@@]12CCN(C(=O)Cc1ccc(F)cc1)C2. The minimum absolute atomic E-state index is 0.0268. The number of amides is 2. The molecule has 1 saturated heterocycles. The lowest BCUT2D eigenvalue weighted by atomic mass is 10.0. The van der Waals surface area contributed by atoms with E-state index in [4.69, 9.17) is 4.42 Å². The first-order valence-electron chi connectivity index (χ1n) is 8.88. The number of furan rings is 1. The third kappa shape index (κ3) is 3.36. The molecule has 2 amide bonds. The Bertz CT molecular complexity index is 803. The van der Waals surface area contributed by atoms with Gasteiger partial charge < -0.3 is 14.6 Å². The maximum absolute atomic E-state index is 13.0. The van der Waals surface area contributed by atoms with Crippen LogP contribution in [0.2, 0.25) is 0 Å². The van der Waals surface area contributed by atoms with Crippen molar-refractivity contribution in [2.24, 2.45) is 11.3 Å². The van der Waals surface area contributed by atoms with E-state index in [1.165, 1.54) is 12.1 Å². The van der Waals surface area contributed by atoms with Crippen LogP contribution < -0.4 is 5.32 Å². The summed E-state index contributed by atoms with van der Waals surface area (Å²) in [5.41, 5.74) is 0.743. The van der Waals surface area contributed by atoms with Gasteiger partial charge in [0.1, 0.15) is 11.6 Å². The molecule has 136 valence electrons. The van der Waals surface area contributed by atoms with E-state index in [1.54, 1.807) is 24.5 Å². The summed E-state index contributed by atoms with van der Waals surface area (Å²) < 4.78 is 18.2. The van der Waals surface area contributed by atoms with E-state index in [1.807, 2.05) is 11.0 Å². The fourth-order valence-electron chi connectivity index (χ4n) is 3.88. The highest BCUT2D eigenvalue weighted by Gasteiger charge is 2.61. The molecule has 0 bridgehead atoms. The first-order valence-corrected chi connectivity index (χ1v) is 8.88. The van der Waals surface area contributed by atoms with Crippen LogP contribution in [0.4, 0.5) is 4.39 Å². The van der Waals surface area contributed by atoms with Crippen molar-refractivity contribution in [3.8, 4) is 0 Å². The molecular weight excluding hydrogens is 335 g/mol. The summed E-state index contributed by atoms with van der Waals surface area (Å²) in [7, 11) is 0. The van der Waals surface area contributed by atoms with Crippen LogP contribution >= 0.6 is 0 Å². The van der Waals surface area contributed by atoms with Gasteiger partial charge >= 0.3 is 0 Å². The molecule has 1 aromatic carbocycles. The number of hydrogen-bond donors (Lipinski definition) is 1. The van der Waals surface area contributed by atoms with Crippen molar-refractivity contribution < 1.29 is 18.4 Å². The third-order valence-corrected chi connectivity index (χ3v) is 5.53. The van der Waals surface area contributed by atoms with Crippen molar-refractivity contribution in [1.29, 1.82) is 0 Å². The average molecular weight is 356 g/mol. The molecule has 6 heteroatoms. The number of hydrogen-bond acceptors (Lipinski definition) is 3. The minimum atomic E-state index is -0.303. The van der Waals surface area contributed by atoms with E-state index < -0.39 is 0 Å². The van der Waals surface area contributed by atoms with Gasteiger partial charge in [0.2, 0.25) is 11.8 Å². The van der Waals surface area contributed by atoms with Gasteiger partial charge in [-0.25, -0.2) is 4.39 Å². The second-order valence-electron chi connectivity index (χ2n) is 7.28. The molecule has 0 radical (unpaired) electrons. The highest BCUT2D eigenvalue weighted by molar-refractivity contribution is 5.84. The van der Waals surface area contributed by atoms with Crippen LogP contribution in [0.5, 0.6) is 0 Å². The van der Waals surface area contributed by atoms with Gasteiger partial charge in [-0.1, -0.05) is 12.1 Å². The first kappa shape index (κ1) is 16.8. The maximum Gasteiger partial charge on any atom is 0.227 e. The number of nitrogens with one attached hydrogen (secondary N) is 1. The molecule has 2 fully saturated rings. The predicted molar refractivity (Wildman–Crippen MR) is 92.4 cm³/mol. The molecule has 4 rings (SSSR count). The molecule has 2 atom stereocenters. The first-order chi connectivity index (χ1) is 12.6. The zero-order chi connectivity index (χ0) is 18.1. The Balaban J connectivity index is 1.29. The summed E-state index contributed by atoms with van der Waals surface area (Å²) in [5.74, 6) is 0.476. The van der Waals surface area contributed by atoms with Gasteiger partial charge in [0, 0.05) is 24.4 Å². The lowest BCUT2D eigenvalue weighted by molar-refractivity contribution is -0.130. The predicted octanol–water partition coefficient (Wildman–Crippen LogP) is 2.52. The second-order valence-corrected chi connectivity index (χ2v) is 7.28. The molecule has 1 aromatic heterocycles. The molecule has 5 nitrogen and oxygen atoms in total. The second kappa shape index (κ2) is 6.59. The van der Waals surface area contributed by atoms with Crippen LogP contribution in [0.25, 0.3) is 0 Å². The smallest absolute Gasteiger partial charge is 0.227 e. The molecule has 2 heterocycles. The summed E-state index contributed by atoms with van der Waals surface area (Å²) in [4.78, 5) is 26.7. The summed E-state index contributed by atoms with van der Waals surface area (Å²) in [6, 6.07) is 9.64. The van der Waals surface area contributed by atoms with Crippen molar-refractivity contribution in [2.45, 2.75) is 25.8 Å². The number of carbonyl (C=O) groups excluding carboxylic acids is 2. The highest BCUT2D eigenvalue weighted by atomic mass is 19.1. The van der Waals surface area contributed by atoms with E-state index >= 15 is 0 Å². The third-order valence-electron chi connectivity index (χ3n) is 5.53. The normalized spacial score (nSPS) is 24.0. The van der Waals surface area contributed by atoms with E-state index in [9.17, 15) is 14.0 Å². The van der Waals surface area contributed by atoms with E-state index in [0.29, 0.717) is 19.6 Å². The average Bonchev–Trinajstić information content (AvgIpc) is 2.99. The Hall–Kier alpha value is -2.63. The van der Waals surface area contributed by atoms with Gasteiger partial charge in [-0.05, 0) is 42.7 Å². The van der Waals surface area contributed by atoms with Gasteiger partial charge in [0.15, 0.2) is 0 Å². The molecular formula is C20H21FN2O3. The Morgan fingerprint density at radius 3 is 2.81 bits per heavy atom. The summed E-state index contributed by atoms with van der Waals surface area (Å²) in [5, 5.41) is 2.92. The van der Waals surface area contributed by atoms with E-state index in [-0.39, 0.29) is 35.4 Å². The van der Waals surface area contributed by atoms with Gasteiger partial charge in [0.25, 0.3) is 0 Å². The fraction of sp³-hybridized carbons (Fsp3) is 0.400. The van der Waals surface area contributed by atoms with Crippen LogP contribution in [0.1, 0.15) is 24.2 Å². The quantitative estimate of drug-likeness (QED) is 0.895. The molecule has 26 heavy (non-hydrogen) atoms. The zero-order valence-corrected chi connectivity index (χ0v) is 14.4. The Kier molecular flexibility index (Phi) is 4.26. The Morgan fingerprint density at radius 2 is 2.08 bits per heavy atom. The number of rotatable bonds is 5. The number of likely N-dealkylation sites (tertiary alicyclic amines) is 1. The number of benzene rings is 1. The Labute approximate surface area is 151 Å². The number of nitrogens with zero attached hydrogens (tertiary/aromatic N) is 1. The topological polar surface area (TPSA) is 62.6 Å². The standard InChI is InChI=1S/C20H21FN2O3/c21-15-5-3-14(4-6-15)10-18(24)23-8-7-20(13-23)11-17(20)19(25)22-12-16-2-1-9-26-16/h1-6,9,17H,7-8,10-13H2,(H,22,25)/t17-,20+/m0/s1. The van der Waals surface area contributed by atoms with Crippen molar-refractivity contribution in [1.82, 2.24) is 10.2 Å². The molecule has 1 N–H and O–H groups in total. The molecule has 1 spiro atoms. The molecule has 2 aliphatic rings. The molecule has 1 aliphatic carbocycles. The van der Waals surface area contributed by atoms with Gasteiger partial charge in [-0.15, -0.1) is 0 Å². The highest BCUT2D eigenvalue weighted by Crippen LogP contribution is 2.58. The summed E-state index contributed by atoms with van der Waals surface area (Å²) in [6.45, 7) is 1.71. The maximum atomic E-state index is 13.0. The van der Waals surface area contributed by atoms with Crippen molar-refractivity contribution in [3.05, 3.63) is 59.8 Å². The van der Waals surface area contributed by atoms with Crippen LogP contribution in [-0.2, 0) is 22.6 Å². The van der Waals surface area contributed by atoms with E-state index in [2.05, 4.69) is 5.32 Å². The van der Waals surface area contributed by atoms with Crippen LogP contribution in [0.15, 0.2) is 47.1 Å². The van der Waals surface area contributed by atoms with Gasteiger partial charge in [-0.2, -0.15) is 0 Å². The lowest BCUT2D eigenvalue weighted by Gasteiger charge is -2.17. The van der Waals surface area contributed by atoms with Crippen LogP contribution in [0, 0.1) is 17.2 Å². The Morgan fingerprint density at radius 1 is 1.27 bits per heavy atom. The van der Waals surface area contributed by atoms with Crippen molar-refractivity contribution in [2.75, 3.05) is 13.1 Å². The van der Waals surface area contributed by atoms with Crippen LogP contribution in [0.3, 0.4) is 0 Å². The summed E-state index contributed by atoms with van der Waals surface area (Å²) in [6.07, 6.45) is 3.55. The van der Waals surface area contributed by atoms with Crippen molar-refractivity contribution >= 4 is 11.8 Å². The lowest BCUT2D eigenvalue weighted by Crippen LogP contribution is -2.32. The molecule has 1 aliphatic heterocycles. The van der Waals surface area contributed by atoms with Crippen LogP contribution in [-0.4, -0.2) is 29.8 Å². The summed E-state index contributed by atoms with van der Waals surface area (Å²) >= 11 is 0. The number of halogens is 1. The van der Waals surface area contributed by atoms with Gasteiger partial charge in [-0.3, -0.25) is 9.59 Å². The van der Waals surface area contributed by atoms with Gasteiger partial charge in [0.05, 0.1) is 19.2 Å². The minimum Gasteiger partial charge on any atom is -0.467 e. The molecule has 2 aromatic rings. The van der Waals surface area contributed by atoms with Crippen molar-refractivity contribution in [3.63, 3.8) is 0 Å². The molecule has 0 unspecified atom stereocenters.